The summed E-state index contributed by atoms with van der Waals surface area (Å²) in [5, 5.41) is 19.1. The van der Waals surface area contributed by atoms with E-state index in [-0.39, 0.29) is 27.7 Å². The molecule has 0 fully saturated rings. The molecule has 1 unspecified atom stereocenters. The van der Waals surface area contributed by atoms with E-state index in [0.717, 1.165) is 46.5 Å². The van der Waals surface area contributed by atoms with Gasteiger partial charge in [-0.1, -0.05) is 35.9 Å². The number of methoxy groups -OCH3 is 1. The average molecular weight is 583 g/mol. The number of carbonyl (C=O) groups excluding carboxylic acids is 2. The van der Waals surface area contributed by atoms with E-state index >= 15 is 0 Å². The second-order valence-electron chi connectivity index (χ2n) is 8.24. The van der Waals surface area contributed by atoms with Gasteiger partial charge in [-0.3, -0.25) is 10.1 Å². The molecule has 0 amide bonds. The van der Waals surface area contributed by atoms with Gasteiger partial charge in [-0.2, -0.15) is 13.2 Å². The molecule has 0 aliphatic rings. The summed E-state index contributed by atoms with van der Waals surface area (Å²) in [4.78, 5) is 34.9. The van der Waals surface area contributed by atoms with Crippen LogP contribution in [0.2, 0.25) is 5.02 Å². The predicted molar refractivity (Wildman–Crippen MR) is 134 cm³/mol. The van der Waals surface area contributed by atoms with Crippen LogP contribution in [0.4, 0.5) is 18.9 Å². The van der Waals surface area contributed by atoms with Crippen LogP contribution in [-0.2, 0) is 21.6 Å². The number of ether oxygens (including phenoxy) is 2. The molecule has 204 valence electrons. The van der Waals surface area contributed by atoms with E-state index in [1.807, 2.05) is 0 Å². The van der Waals surface area contributed by atoms with Crippen LogP contribution in [0.5, 0.6) is 0 Å². The zero-order valence-corrected chi connectivity index (χ0v) is 21.8. The van der Waals surface area contributed by atoms with E-state index in [4.69, 9.17) is 21.1 Å². The maximum absolute atomic E-state index is 14.4. The Labute approximate surface area is 227 Å². The Bertz CT molecular complexity index is 1570. The lowest BCUT2D eigenvalue weighted by molar-refractivity contribution is -0.384. The molecule has 2 aromatic carbocycles. The number of nitro groups is 1. The van der Waals surface area contributed by atoms with Crippen molar-refractivity contribution in [1.82, 2.24) is 15.0 Å². The monoisotopic (exact) mass is 582 g/mol. The van der Waals surface area contributed by atoms with Crippen LogP contribution in [0.1, 0.15) is 44.6 Å². The third-order valence-corrected chi connectivity index (χ3v) is 7.54. The number of thiophene rings is 1. The van der Waals surface area contributed by atoms with Gasteiger partial charge in [-0.15, -0.1) is 16.4 Å². The number of fused-ring (bicyclic) bond motifs is 1. The fourth-order valence-electron chi connectivity index (χ4n) is 3.83. The summed E-state index contributed by atoms with van der Waals surface area (Å²) >= 11 is 7.38. The van der Waals surface area contributed by atoms with Crippen LogP contribution in [0, 0.1) is 10.1 Å². The van der Waals surface area contributed by atoms with Gasteiger partial charge < -0.3 is 9.47 Å². The summed E-state index contributed by atoms with van der Waals surface area (Å²) in [5.41, 5.74) is -3.77. The largest absolute Gasteiger partial charge is 0.465 e. The minimum atomic E-state index is -5.06. The number of aromatic nitrogens is 3. The molecule has 0 saturated heterocycles. The van der Waals surface area contributed by atoms with Crippen LogP contribution in [0.3, 0.4) is 0 Å². The molecular formula is C24H18ClF3N4O6S. The van der Waals surface area contributed by atoms with Gasteiger partial charge in [0.05, 0.1) is 35.4 Å². The van der Waals surface area contributed by atoms with Crippen molar-refractivity contribution in [2.45, 2.75) is 31.7 Å². The van der Waals surface area contributed by atoms with E-state index in [1.165, 1.54) is 14.0 Å². The summed E-state index contributed by atoms with van der Waals surface area (Å²) in [6.45, 7) is 1.20. The van der Waals surface area contributed by atoms with Crippen molar-refractivity contribution in [1.29, 1.82) is 0 Å². The Kier molecular flexibility index (Phi) is 7.61. The number of halogens is 4. The lowest BCUT2D eigenvalue weighted by Gasteiger charge is -2.32. The third kappa shape index (κ3) is 5.29. The smallest absolute Gasteiger partial charge is 0.434 e. The standard InChI is InChI=1S/C24H18ClF3N4O6S/c1-3-23(24(26,27)28,38-21(33)14-5-7-15(8-6-14)32(35)36)18-12-31(30-29-18)11-13-4-9-16-17(10-13)39-20(19(16)25)22(34)37-2/h4-10,12H,3,11H2,1-2H3. The second kappa shape index (κ2) is 10.6. The number of alkyl halides is 3. The molecule has 0 aliphatic heterocycles. The lowest BCUT2D eigenvalue weighted by atomic mass is 9.95. The fraction of sp³-hybridized carbons (Fsp3) is 0.250. The summed E-state index contributed by atoms with van der Waals surface area (Å²) in [6, 6.07) is 9.05. The quantitative estimate of drug-likeness (QED) is 0.142. The Morgan fingerprint density at radius 2 is 1.85 bits per heavy atom. The van der Waals surface area contributed by atoms with Gasteiger partial charge in [-0.25, -0.2) is 14.3 Å². The molecule has 0 spiro atoms. The number of rotatable bonds is 8. The SMILES string of the molecule is CCC(OC(=O)c1ccc([N+](=O)[O-])cc1)(c1cn(Cc2ccc3c(Cl)c(C(=O)OC)sc3c2)nn1)C(F)(F)F. The topological polar surface area (TPSA) is 126 Å². The van der Waals surface area contributed by atoms with E-state index in [0.29, 0.717) is 15.6 Å². The highest BCUT2D eigenvalue weighted by molar-refractivity contribution is 7.21. The van der Waals surface area contributed by atoms with Crippen LogP contribution >= 0.6 is 22.9 Å². The minimum Gasteiger partial charge on any atom is -0.465 e. The van der Waals surface area contributed by atoms with Crippen LogP contribution in [0.25, 0.3) is 10.1 Å². The van der Waals surface area contributed by atoms with Crippen molar-refractivity contribution in [3.8, 4) is 0 Å². The lowest BCUT2D eigenvalue weighted by Crippen LogP contribution is -2.46. The first-order valence-electron chi connectivity index (χ1n) is 11.1. The summed E-state index contributed by atoms with van der Waals surface area (Å²) in [7, 11) is 1.23. The highest BCUT2D eigenvalue weighted by Crippen LogP contribution is 2.44. The van der Waals surface area contributed by atoms with Gasteiger partial charge in [0.15, 0.2) is 0 Å². The van der Waals surface area contributed by atoms with Gasteiger partial charge in [-0.05, 0) is 30.2 Å². The molecule has 4 aromatic rings. The average Bonchev–Trinajstić information content (AvgIpc) is 3.50. The molecule has 0 aliphatic carbocycles. The second-order valence-corrected chi connectivity index (χ2v) is 9.67. The van der Waals surface area contributed by atoms with E-state index in [2.05, 4.69) is 10.3 Å². The first-order chi connectivity index (χ1) is 18.4. The molecule has 1 atom stereocenters. The molecule has 10 nitrogen and oxygen atoms in total. The van der Waals surface area contributed by atoms with E-state index in [1.54, 1.807) is 18.2 Å². The highest BCUT2D eigenvalue weighted by Gasteiger charge is 2.60. The summed E-state index contributed by atoms with van der Waals surface area (Å²) in [6.07, 6.45) is -4.73. The first-order valence-corrected chi connectivity index (χ1v) is 12.3. The number of non-ortho nitro benzene ring substituents is 1. The van der Waals surface area contributed by atoms with Crippen molar-refractivity contribution in [3.63, 3.8) is 0 Å². The fourth-order valence-corrected chi connectivity index (χ4v) is 5.32. The summed E-state index contributed by atoms with van der Waals surface area (Å²) < 4.78 is 54.6. The third-order valence-electron chi connectivity index (χ3n) is 5.90. The number of nitro benzene ring substituents is 1. The Balaban J connectivity index is 1.62. The molecule has 0 saturated carbocycles. The molecular weight excluding hydrogens is 565 g/mol. The molecule has 0 bridgehead atoms. The number of nitrogens with zero attached hydrogens (tertiary/aromatic N) is 4. The van der Waals surface area contributed by atoms with Crippen LogP contribution in [0.15, 0.2) is 48.7 Å². The van der Waals surface area contributed by atoms with E-state index < -0.39 is 40.8 Å². The Hall–Kier alpha value is -4.04. The van der Waals surface area contributed by atoms with Crippen LogP contribution in [-0.4, -0.2) is 45.1 Å². The normalized spacial score (nSPS) is 13.2. The van der Waals surface area contributed by atoms with Gasteiger partial charge in [0.2, 0.25) is 0 Å². The molecule has 0 radical (unpaired) electrons. The van der Waals surface area contributed by atoms with Crippen molar-refractivity contribution in [3.05, 3.63) is 85.5 Å². The molecule has 2 heterocycles. The highest BCUT2D eigenvalue weighted by atomic mass is 35.5. The maximum Gasteiger partial charge on any atom is 0.434 e. The van der Waals surface area contributed by atoms with Crippen molar-refractivity contribution in [2.75, 3.05) is 7.11 Å². The van der Waals surface area contributed by atoms with Crippen LogP contribution < -0.4 is 0 Å². The molecule has 0 N–H and O–H groups in total. The predicted octanol–water partition coefficient (Wildman–Crippen LogP) is 5.91. The minimum absolute atomic E-state index is 0.0139. The zero-order valence-electron chi connectivity index (χ0n) is 20.2. The van der Waals surface area contributed by atoms with Crippen molar-refractivity contribution in [2.24, 2.45) is 0 Å². The number of hydrogen-bond acceptors (Lipinski definition) is 9. The van der Waals surface area contributed by atoms with Gasteiger partial charge in [0.25, 0.3) is 11.3 Å². The van der Waals surface area contributed by atoms with Crippen molar-refractivity contribution >= 4 is 50.6 Å². The number of benzene rings is 2. The molecule has 4 rings (SSSR count). The van der Waals surface area contributed by atoms with Crippen molar-refractivity contribution < 1.29 is 37.2 Å². The number of carbonyl (C=O) groups is 2. The number of esters is 2. The number of hydrogen-bond donors (Lipinski definition) is 0. The maximum atomic E-state index is 14.4. The zero-order chi connectivity index (χ0) is 28.5. The molecule has 39 heavy (non-hydrogen) atoms. The molecule has 15 heteroatoms. The first kappa shape index (κ1) is 28.0. The Morgan fingerprint density at radius 3 is 2.44 bits per heavy atom. The molecule has 2 aromatic heterocycles. The van der Waals surface area contributed by atoms with E-state index in [9.17, 15) is 32.9 Å². The Morgan fingerprint density at radius 1 is 1.15 bits per heavy atom. The van der Waals surface area contributed by atoms with Gasteiger partial charge >= 0.3 is 18.1 Å². The van der Waals surface area contributed by atoms with Gasteiger partial charge in [0.1, 0.15) is 10.6 Å². The van der Waals surface area contributed by atoms with Gasteiger partial charge in [0, 0.05) is 22.2 Å². The summed E-state index contributed by atoms with van der Waals surface area (Å²) in [5.74, 6) is -1.92.